The Morgan fingerprint density at radius 2 is 2.12 bits per heavy atom. The highest BCUT2D eigenvalue weighted by Crippen LogP contribution is 2.15. The van der Waals surface area contributed by atoms with Gasteiger partial charge in [0.15, 0.2) is 5.78 Å². The highest BCUT2D eigenvalue weighted by molar-refractivity contribution is 7.80. The number of ketones is 1. The second-order valence-electron chi connectivity index (χ2n) is 3.57. The monoisotopic (exact) mass is 254 g/mol. The van der Waals surface area contributed by atoms with E-state index in [1.807, 2.05) is 27.7 Å². The molecule has 4 heteroatoms. The van der Waals surface area contributed by atoms with Gasteiger partial charge in [-0.05, 0) is 12.1 Å². The van der Waals surface area contributed by atoms with E-state index in [0.29, 0.717) is 23.7 Å². The predicted molar refractivity (Wildman–Crippen MR) is 77.1 cm³/mol. The molecule has 0 fully saturated rings. The second kappa shape index (κ2) is 9.05. The number of nitrogens with zero attached hydrogens (tertiary/aromatic N) is 1. The van der Waals surface area contributed by atoms with Crippen molar-refractivity contribution in [2.45, 2.75) is 27.7 Å². The summed E-state index contributed by atoms with van der Waals surface area (Å²) in [4.78, 5) is 16.0. The van der Waals surface area contributed by atoms with Crippen LogP contribution in [0.2, 0.25) is 0 Å². The smallest absolute Gasteiger partial charge is 0.169 e. The van der Waals surface area contributed by atoms with Crippen molar-refractivity contribution in [2.24, 2.45) is 5.92 Å². The molecule has 1 N–H and O–H groups in total. The molecular formula is C13H22N2OS. The van der Waals surface area contributed by atoms with Crippen LogP contribution in [-0.2, 0) is 0 Å². The van der Waals surface area contributed by atoms with Crippen LogP contribution in [0.3, 0.4) is 0 Å². The SMILES string of the molecule is CC.CC(C)C(=O)c1cccnc1NCCS. The summed E-state index contributed by atoms with van der Waals surface area (Å²) >= 11 is 4.10. The zero-order valence-electron chi connectivity index (χ0n) is 11.0. The van der Waals surface area contributed by atoms with Crippen LogP contribution in [0.25, 0.3) is 0 Å². The van der Waals surface area contributed by atoms with Gasteiger partial charge in [0.2, 0.25) is 0 Å². The average Bonchev–Trinajstić information content (AvgIpc) is 2.38. The van der Waals surface area contributed by atoms with E-state index in [1.165, 1.54) is 0 Å². The molecule has 1 aromatic heterocycles. The van der Waals surface area contributed by atoms with Crippen LogP contribution in [0.5, 0.6) is 0 Å². The predicted octanol–water partition coefficient (Wildman–Crippen LogP) is 3.29. The molecule has 96 valence electrons. The molecule has 0 radical (unpaired) electrons. The topological polar surface area (TPSA) is 42.0 Å². The minimum absolute atomic E-state index is 0.00856. The third-order valence-electron chi connectivity index (χ3n) is 2.00. The lowest BCUT2D eigenvalue weighted by Gasteiger charge is -2.10. The van der Waals surface area contributed by atoms with Crippen molar-refractivity contribution in [1.29, 1.82) is 0 Å². The van der Waals surface area contributed by atoms with Crippen LogP contribution in [0, 0.1) is 5.92 Å². The van der Waals surface area contributed by atoms with E-state index >= 15 is 0 Å². The Kier molecular flexibility index (Phi) is 8.50. The normalized spacial score (nSPS) is 9.53. The van der Waals surface area contributed by atoms with Gasteiger partial charge in [-0.3, -0.25) is 4.79 Å². The Labute approximate surface area is 109 Å². The minimum atomic E-state index is -0.00856. The second-order valence-corrected chi connectivity index (χ2v) is 4.02. The molecule has 0 saturated heterocycles. The Bertz CT molecular complexity index is 340. The Hall–Kier alpha value is -1.03. The Morgan fingerprint density at radius 1 is 1.47 bits per heavy atom. The number of pyridine rings is 1. The van der Waals surface area contributed by atoms with Crippen LogP contribution < -0.4 is 5.32 Å². The molecule has 1 heterocycles. The zero-order valence-corrected chi connectivity index (χ0v) is 11.9. The number of Topliss-reactive ketones (excluding diaryl/α,β-unsaturated/α-hetero) is 1. The van der Waals surface area contributed by atoms with E-state index in [4.69, 9.17) is 0 Å². The van der Waals surface area contributed by atoms with Crippen LogP contribution >= 0.6 is 12.6 Å². The molecule has 0 aliphatic heterocycles. The molecule has 0 spiro atoms. The number of carbonyl (C=O) groups excluding carboxylic acids is 1. The summed E-state index contributed by atoms with van der Waals surface area (Å²) in [7, 11) is 0. The molecule has 0 atom stereocenters. The molecule has 0 amide bonds. The highest BCUT2D eigenvalue weighted by Gasteiger charge is 2.14. The van der Waals surface area contributed by atoms with E-state index in [1.54, 1.807) is 18.3 Å². The summed E-state index contributed by atoms with van der Waals surface area (Å²) in [5, 5.41) is 3.09. The summed E-state index contributed by atoms with van der Waals surface area (Å²) in [6, 6.07) is 3.58. The van der Waals surface area contributed by atoms with Gasteiger partial charge in [0.1, 0.15) is 5.82 Å². The van der Waals surface area contributed by atoms with E-state index < -0.39 is 0 Å². The number of aromatic nitrogens is 1. The van der Waals surface area contributed by atoms with Crippen molar-refractivity contribution >= 4 is 24.2 Å². The number of rotatable bonds is 5. The lowest BCUT2D eigenvalue weighted by atomic mass is 10.0. The largest absolute Gasteiger partial charge is 0.369 e. The molecule has 17 heavy (non-hydrogen) atoms. The lowest BCUT2D eigenvalue weighted by Crippen LogP contribution is -2.13. The van der Waals surface area contributed by atoms with E-state index in [-0.39, 0.29) is 11.7 Å². The van der Waals surface area contributed by atoms with Gasteiger partial charge in [-0.2, -0.15) is 12.6 Å². The Morgan fingerprint density at radius 3 is 2.65 bits per heavy atom. The van der Waals surface area contributed by atoms with Crippen molar-refractivity contribution in [3.8, 4) is 0 Å². The summed E-state index contributed by atoms with van der Waals surface area (Å²) in [5.74, 6) is 1.48. The summed E-state index contributed by atoms with van der Waals surface area (Å²) in [5.41, 5.74) is 0.661. The van der Waals surface area contributed by atoms with Crippen molar-refractivity contribution in [1.82, 2.24) is 4.98 Å². The first kappa shape index (κ1) is 16.0. The molecule has 0 unspecified atom stereocenters. The van der Waals surface area contributed by atoms with E-state index in [0.717, 1.165) is 0 Å². The first-order chi connectivity index (χ1) is 8.16. The molecule has 0 aromatic carbocycles. The number of anilines is 1. The molecule has 0 aliphatic rings. The van der Waals surface area contributed by atoms with Gasteiger partial charge in [-0.1, -0.05) is 27.7 Å². The zero-order chi connectivity index (χ0) is 13.3. The maximum atomic E-state index is 11.8. The van der Waals surface area contributed by atoms with Gasteiger partial charge in [0.25, 0.3) is 0 Å². The third-order valence-corrected chi connectivity index (χ3v) is 2.23. The quantitative estimate of drug-likeness (QED) is 0.626. The first-order valence-corrected chi connectivity index (χ1v) is 6.64. The van der Waals surface area contributed by atoms with E-state index in [9.17, 15) is 4.79 Å². The van der Waals surface area contributed by atoms with Gasteiger partial charge in [0.05, 0.1) is 5.56 Å². The van der Waals surface area contributed by atoms with Gasteiger partial charge < -0.3 is 5.32 Å². The molecular weight excluding hydrogens is 232 g/mol. The first-order valence-electron chi connectivity index (χ1n) is 6.00. The Balaban J connectivity index is 0.00000121. The fourth-order valence-corrected chi connectivity index (χ4v) is 1.34. The maximum absolute atomic E-state index is 11.8. The van der Waals surface area contributed by atoms with Crippen LogP contribution in [0.4, 0.5) is 5.82 Å². The van der Waals surface area contributed by atoms with Crippen LogP contribution in [-0.4, -0.2) is 23.1 Å². The highest BCUT2D eigenvalue weighted by atomic mass is 32.1. The standard InChI is InChI=1S/C11H16N2OS.C2H6/c1-8(2)10(14)9-4-3-5-12-11(9)13-6-7-15;1-2/h3-5,8,15H,6-7H2,1-2H3,(H,12,13);1-2H3. The molecule has 0 bridgehead atoms. The summed E-state index contributed by atoms with van der Waals surface area (Å²) in [6.07, 6.45) is 1.68. The number of thiol groups is 1. The van der Waals surface area contributed by atoms with Crippen molar-refractivity contribution in [2.75, 3.05) is 17.6 Å². The van der Waals surface area contributed by atoms with Gasteiger partial charge in [0, 0.05) is 24.4 Å². The summed E-state index contributed by atoms with van der Waals surface area (Å²) in [6.45, 7) is 8.48. The third kappa shape index (κ3) is 5.22. The van der Waals surface area contributed by atoms with Crippen molar-refractivity contribution < 1.29 is 4.79 Å². The molecule has 3 nitrogen and oxygen atoms in total. The molecule has 1 rings (SSSR count). The van der Waals surface area contributed by atoms with Gasteiger partial charge in [-0.15, -0.1) is 0 Å². The number of carbonyl (C=O) groups is 1. The maximum Gasteiger partial charge on any atom is 0.169 e. The van der Waals surface area contributed by atoms with Crippen molar-refractivity contribution in [3.63, 3.8) is 0 Å². The van der Waals surface area contributed by atoms with Crippen LogP contribution in [0.1, 0.15) is 38.1 Å². The number of hydrogen-bond donors (Lipinski definition) is 2. The number of nitrogens with one attached hydrogen (secondary N) is 1. The fraction of sp³-hybridized carbons (Fsp3) is 0.538. The average molecular weight is 254 g/mol. The van der Waals surface area contributed by atoms with Gasteiger partial charge in [-0.25, -0.2) is 4.98 Å². The summed E-state index contributed by atoms with van der Waals surface area (Å²) < 4.78 is 0. The van der Waals surface area contributed by atoms with E-state index in [2.05, 4.69) is 22.9 Å². The van der Waals surface area contributed by atoms with Crippen LogP contribution in [0.15, 0.2) is 18.3 Å². The molecule has 1 aromatic rings. The minimum Gasteiger partial charge on any atom is -0.369 e. The van der Waals surface area contributed by atoms with Crippen molar-refractivity contribution in [3.05, 3.63) is 23.9 Å². The lowest BCUT2D eigenvalue weighted by molar-refractivity contribution is 0.0940. The van der Waals surface area contributed by atoms with Gasteiger partial charge >= 0.3 is 0 Å². The number of hydrogen-bond acceptors (Lipinski definition) is 4. The fourth-order valence-electron chi connectivity index (χ4n) is 1.23. The molecule has 0 saturated carbocycles. The molecule has 0 aliphatic carbocycles.